The fraction of sp³-hybridized carbons (Fsp3) is 0.0299. The molecule has 0 unspecified atom stereocenters. The highest BCUT2D eigenvalue weighted by Crippen LogP contribution is 2.36. The number of anilines is 3. The van der Waals surface area contributed by atoms with E-state index in [1.165, 1.54) is 123 Å². The monoisotopic (exact) mass is 1300 g/mol. The van der Waals surface area contributed by atoms with Crippen molar-refractivity contribution in [2.24, 2.45) is 16.6 Å². The van der Waals surface area contributed by atoms with E-state index >= 15 is 0 Å². The molecule has 0 bridgehead atoms. The van der Waals surface area contributed by atoms with Gasteiger partial charge >= 0.3 is 0 Å². The van der Waals surface area contributed by atoms with E-state index < -0.39 is 57.0 Å². The van der Waals surface area contributed by atoms with E-state index in [0.717, 1.165) is 12.1 Å². The first-order chi connectivity index (χ1) is 45.7. The number of benzene rings is 9. The number of primary amides is 2. The average molecular weight is 1300 g/mol. The van der Waals surface area contributed by atoms with Crippen LogP contribution in [0.25, 0.3) is 33.1 Å². The summed E-state index contributed by atoms with van der Waals surface area (Å²) in [6.45, 7) is 0. The lowest BCUT2D eigenvalue weighted by Gasteiger charge is -2.13. The highest BCUT2D eigenvalue weighted by Gasteiger charge is 2.24. The number of hydrogen-bond acceptors (Lipinski definition) is 18. The smallest absolute Gasteiger partial charge is 0.279 e. The minimum Gasteiger partial charge on any atom is -0.493 e. The summed E-state index contributed by atoms with van der Waals surface area (Å²) in [5, 5.41) is 13.1. The molecular weight excluding hydrogens is 1250 g/mol. The Morgan fingerprint density at radius 2 is 0.758 bits per heavy atom. The van der Waals surface area contributed by atoms with Gasteiger partial charge in [0.05, 0.1) is 52.2 Å². The summed E-state index contributed by atoms with van der Waals surface area (Å²) < 4.78 is 91.1. The van der Waals surface area contributed by atoms with E-state index in [9.17, 15) is 45.6 Å². The maximum Gasteiger partial charge on any atom is 0.279 e. The van der Waals surface area contributed by atoms with Gasteiger partial charge in [0.15, 0.2) is 40.1 Å². The van der Waals surface area contributed by atoms with Crippen LogP contribution in [-0.2, 0) is 10.0 Å². The van der Waals surface area contributed by atoms with Crippen molar-refractivity contribution in [1.29, 1.82) is 0 Å². The number of aromatic nitrogens is 6. The first kappa shape index (κ1) is 65.0. The van der Waals surface area contributed by atoms with Gasteiger partial charge in [0.2, 0.25) is 21.8 Å². The lowest BCUT2D eigenvalue weighted by molar-refractivity contribution is 0.0991. The summed E-state index contributed by atoms with van der Waals surface area (Å²) in [6.07, 6.45) is 0. The normalized spacial score (nSPS) is 10.8. The van der Waals surface area contributed by atoms with Gasteiger partial charge in [0, 0.05) is 40.3 Å². The third-order valence-electron chi connectivity index (χ3n) is 13.2. The summed E-state index contributed by atoms with van der Waals surface area (Å²) >= 11 is 0. The lowest BCUT2D eigenvalue weighted by atomic mass is 10.2. The highest BCUT2D eigenvalue weighted by atomic mass is 32.2. The number of halogens is 3. The topological polar surface area (TPSA) is 357 Å². The lowest BCUT2D eigenvalue weighted by Crippen LogP contribution is -2.17. The molecule has 0 aliphatic carbocycles. The summed E-state index contributed by atoms with van der Waals surface area (Å²) in [5.41, 5.74) is 14.6. The van der Waals surface area contributed by atoms with Crippen LogP contribution in [0, 0.1) is 17.5 Å². The molecule has 0 saturated carbocycles. The number of primary sulfonamides is 1. The third kappa shape index (κ3) is 16.3. The number of hydrogen-bond donors (Lipinski definition) is 6. The first-order valence-corrected chi connectivity index (χ1v) is 29.4. The molecule has 0 atom stereocenters. The zero-order valence-electron chi connectivity index (χ0n) is 49.5. The van der Waals surface area contributed by atoms with E-state index in [0.29, 0.717) is 50.0 Å². The van der Waals surface area contributed by atoms with Gasteiger partial charge in [0.25, 0.3) is 35.4 Å². The fourth-order valence-corrected chi connectivity index (χ4v) is 9.23. The predicted molar refractivity (Wildman–Crippen MR) is 343 cm³/mol. The molecule has 3 aromatic heterocycles. The third-order valence-corrected chi connectivity index (χ3v) is 14.1. The number of carbonyl (C=O) groups is 5. The van der Waals surface area contributed by atoms with Gasteiger partial charge in [-0.3, -0.25) is 24.0 Å². The molecule has 0 fully saturated rings. The van der Waals surface area contributed by atoms with Crippen LogP contribution >= 0.6 is 0 Å². The largest absolute Gasteiger partial charge is 0.493 e. The molecule has 28 heteroatoms. The molecule has 95 heavy (non-hydrogen) atoms. The van der Waals surface area contributed by atoms with Crippen LogP contribution in [0.2, 0.25) is 0 Å². The average Bonchev–Trinajstić information content (AvgIpc) is 0.854. The molecule has 12 aromatic rings. The van der Waals surface area contributed by atoms with E-state index in [4.69, 9.17) is 40.3 Å². The quantitative estimate of drug-likeness (QED) is 0.0493. The Bertz CT molecular complexity index is 5060. The Morgan fingerprint density at radius 3 is 1.17 bits per heavy atom. The van der Waals surface area contributed by atoms with Gasteiger partial charge in [-0.1, -0.05) is 48.5 Å². The number of para-hydroxylation sites is 6. The summed E-state index contributed by atoms with van der Waals surface area (Å²) in [7, 11) is -1.20. The van der Waals surface area contributed by atoms with E-state index in [1.54, 1.807) is 84.9 Å². The van der Waals surface area contributed by atoms with Crippen LogP contribution in [-0.4, -0.2) is 82.1 Å². The predicted octanol–water partition coefficient (Wildman–Crippen LogP) is 11.3. The number of methoxy groups -OCH3 is 2. The zero-order chi connectivity index (χ0) is 67.3. The summed E-state index contributed by atoms with van der Waals surface area (Å²) in [5.74, 6) is -3.98. The fourth-order valence-electron chi connectivity index (χ4n) is 8.67. The molecule has 0 aliphatic rings. The molecule has 0 aliphatic heterocycles. The van der Waals surface area contributed by atoms with Crippen molar-refractivity contribution in [2.75, 3.05) is 30.2 Å². The van der Waals surface area contributed by atoms with Crippen molar-refractivity contribution in [3.05, 3.63) is 252 Å². The van der Waals surface area contributed by atoms with Crippen molar-refractivity contribution < 1.29 is 69.2 Å². The number of nitrogens with zero attached hydrogens (tertiary/aromatic N) is 6. The van der Waals surface area contributed by atoms with Crippen LogP contribution in [0.5, 0.6) is 46.4 Å². The van der Waals surface area contributed by atoms with Gasteiger partial charge in [-0.05, 0) is 146 Å². The van der Waals surface area contributed by atoms with Gasteiger partial charge in [-0.2, -0.15) is 0 Å². The van der Waals surface area contributed by atoms with Crippen molar-refractivity contribution in [1.82, 2.24) is 29.9 Å². The van der Waals surface area contributed by atoms with E-state index in [1.807, 2.05) is 0 Å². The van der Waals surface area contributed by atoms with Crippen molar-refractivity contribution in [3.63, 3.8) is 0 Å². The van der Waals surface area contributed by atoms with Gasteiger partial charge in [0.1, 0.15) is 23.2 Å². The number of carbonyl (C=O) groups excluding carboxylic acids is 5. The molecule has 0 radical (unpaired) electrons. The molecule has 0 spiro atoms. The molecule has 9 N–H and O–H groups in total. The van der Waals surface area contributed by atoms with Crippen LogP contribution in [0.3, 0.4) is 0 Å². The van der Waals surface area contributed by atoms with E-state index in [2.05, 4.69) is 45.9 Å². The number of rotatable bonds is 17. The van der Waals surface area contributed by atoms with Gasteiger partial charge < -0.3 is 51.1 Å². The molecule has 0 saturated heterocycles. The Balaban J connectivity index is 0.000000155. The van der Waals surface area contributed by atoms with Crippen molar-refractivity contribution in [2.45, 2.75) is 4.90 Å². The second-order valence-corrected chi connectivity index (χ2v) is 21.3. The van der Waals surface area contributed by atoms with Crippen molar-refractivity contribution in [3.8, 4) is 46.4 Å². The van der Waals surface area contributed by atoms with Crippen molar-refractivity contribution >= 4 is 89.7 Å². The van der Waals surface area contributed by atoms with Crippen LogP contribution in [0.1, 0.15) is 52.2 Å². The number of nitrogens with two attached hydrogens (primary N) is 3. The molecule has 24 nitrogen and oxygen atoms in total. The maximum absolute atomic E-state index is 13.6. The molecule has 5 amide bonds. The second-order valence-electron chi connectivity index (χ2n) is 19.8. The molecule has 9 aromatic carbocycles. The van der Waals surface area contributed by atoms with E-state index in [-0.39, 0.29) is 79.6 Å². The Morgan fingerprint density at radius 1 is 0.379 bits per heavy atom. The first-order valence-electron chi connectivity index (χ1n) is 27.8. The number of nitrogens with one attached hydrogen (secondary N) is 3. The molecular formula is C67H49F3N12O12S. The van der Waals surface area contributed by atoms with Crippen LogP contribution in [0.4, 0.5) is 30.2 Å². The number of fused-ring (bicyclic) bond motifs is 3. The Labute approximate surface area is 536 Å². The Kier molecular flexibility index (Phi) is 19.8. The van der Waals surface area contributed by atoms with Gasteiger partial charge in [-0.15, -0.1) is 0 Å². The number of ether oxygens (including phenoxy) is 5. The SMILES string of the molecule is COc1cc(F)ccc1Oc1nc2ccccc2nc1C(=O)Nc1ccc(C(N)=O)cc1.COc1cc(F)ccc1Oc1nc2ccccc2nc1C(=O)Nc1cccc(C(N)=O)c1.NS(=O)(=O)c1cccc(NC(=O)c2nc3ccccc3nc2Oc2ccc(F)cc2)c1. The molecule has 476 valence electrons. The highest BCUT2D eigenvalue weighted by molar-refractivity contribution is 7.89. The second kappa shape index (κ2) is 28.9. The standard InChI is InChI=1S/2C23H17FN4O4.C21H15FN4O4S/c1-31-19-12-14(24)9-10-18(19)32-23-20(27-16-7-2-3-8-17(16)28-23)22(30)26-15-6-4-5-13(11-15)21(25)29;1-31-19-12-14(24)8-11-18(19)32-23-20(27-16-4-2-3-5-17(16)28-23)22(30)26-15-9-6-13(7-10-15)21(25)29;22-13-8-10-15(11-9-13)30-21-19(25-17-6-1-2-7-18(17)26-21)20(27)24-14-4-3-5-16(12-14)31(23,28)29/h2*2-12H,1H3,(H2,25,29)(H,26,30);1-12H,(H,24,27)(H2,23,28,29). The summed E-state index contributed by atoms with van der Waals surface area (Å²) in [6, 6.07) is 51.2. The number of amides is 5. The van der Waals surface area contributed by atoms with Crippen LogP contribution in [0.15, 0.2) is 211 Å². The van der Waals surface area contributed by atoms with Gasteiger partial charge in [-0.25, -0.2) is 56.6 Å². The summed E-state index contributed by atoms with van der Waals surface area (Å²) in [4.78, 5) is 87.8. The maximum atomic E-state index is 13.6. The molecule has 3 heterocycles. The Hall–Kier alpha value is -13.0. The molecule has 12 rings (SSSR count). The van der Waals surface area contributed by atoms with Crippen LogP contribution < -0.4 is 56.2 Å². The minimum atomic E-state index is -3.94. The zero-order valence-corrected chi connectivity index (χ0v) is 50.3. The minimum absolute atomic E-state index is 0.0835. The number of sulfonamides is 1.